The van der Waals surface area contributed by atoms with Crippen LogP contribution < -0.4 is 4.74 Å². The van der Waals surface area contributed by atoms with Crippen LogP contribution in [0.25, 0.3) is 0 Å². The van der Waals surface area contributed by atoms with Crippen LogP contribution in [0.3, 0.4) is 0 Å². The molecule has 2 amide bonds. The zero-order valence-corrected chi connectivity index (χ0v) is 13.7. The van der Waals surface area contributed by atoms with Crippen LogP contribution in [0.2, 0.25) is 0 Å². The highest BCUT2D eigenvalue weighted by Gasteiger charge is 2.53. The predicted molar refractivity (Wildman–Crippen MR) is 81.1 cm³/mol. The van der Waals surface area contributed by atoms with Crippen LogP contribution in [-0.4, -0.2) is 56.2 Å². The maximum atomic E-state index is 12.7. The van der Waals surface area contributed by atoms with Gasteiger partial charge in [-0.05, 0) is 31.2 Å². The van der Waals surface area contributed by atoms with E-state index in [-0.39, 0.29) is 29.8 Å². The molecule has 3 rings (SSSR count). The number of nitrogens with zero attached hydrogens (tertiary/aromatic N) is 2. The van der Waals surface area contributed by atoms with Crippen LogP contribution >= 0.6 is 0 Å². The summed E-state index contributed by atoms with van der Waals surface area (Å²) >= 11 is 0. The maximum Gasteiger partial charge on any atom is 0.243 e. The summed E-state index contributed by atoms with van der Waals surface area (Å²) in [4.78, 5) is 25.2. The van der Waals surface area contributed by atoms with E-state index in [1.54, 1.807) is 12.1 Å². The first-order valence-electron chi connectivity index (χ1n) is 7.40. The third-order valence-electron chi connectivity index (χ3n) is 4.35. The third kappa shape index (κ3) is 2.51. The van der Waals surface area contributed by atoms with Crippen molar-refractivity contribution >= 4 is 21.8 Å². The van der Waals surface area contributed by atoms with E-state index < -0.39 is 21.9 Å². The molecule has 7 nitrogen and oxygen atoms in total. The molecule has 23 heavy (non-hydrogen) atoms. The van der Waals surface area contributed by atoms with Crippen LogP contribution in [0.15, 0.2) is 29.2 Å². The number of benzene rings is 1. The molecule has 0 bridgehead atoms. The molecule has 124 valence electrons. The Bertz CT molecular complexity index is 720. The van der Waals surface area contributed by atoms with Gasteiger partial charge in [-0.25, -0.2) is 8.42 Å². The molecule has 0 N–H and O–H groups in total. The Kier molecular flexibility index (Phi) is 3.89. The molecule has 2 fully saturated rings. The summed E-state index contributed by atoms with van der Waals surface area (Å²) < 4.78 is 31.9. The third-order valence-corrected chi connectivity index (χ3v) is 6.20. The van der Waals surface area contributed by atoms with Crippen LogP contribution in [-0.2, 0) is 19.6 Å². The predicted octanol–water partition coefficient (Wildman–Crippen LogP) is 0.321. The first kappa shape index (κ1) is 15.9. The van der Waals surface area contributed by atoms with Crippen molar-refractivity contribution in [2.24, 2.45) is 11.8 Å². The lowest BCUT2D eigenvalue weighted by molar-refractivity contribution is -0.138. The second kappa shape index (κ2) is 5.61. The molecule has 1 aromatic rings. The van der Waals surface area contributed by atoms with Gasteiger partial charge in [0.05, 0.1) is 23.3 Å². The summed E-state index contributed by atoms with van der Waals surface area (Å²) in [5.41, 5.74) is 0. The van der Waals surface area contributed by atoms with Gasteiger partial charge in [0.15, 0.2) is 0 Å². The van der Waals surface area contributed by atoms with Crippen molar-refractivity contribution in [3.05, 3.63) is 24.3 Å². The minimum Gasteiger partial charge on any atom is -0.494 e. The van der Waals surface area contributed by atoms with Crippen LogP contribution in [0, 0.1) is 11.8 Å². The van der Waals surface area contributed by atoms with E-state index in [0.29, 0.717) is 12.4 Å². The minimum atomic E-state index is -3.72. The average molecular weight is 338 g/mol. The highest BCUT2D eigenvalue weighted by Crippen LogP contribution is 2.35. The van der Waals surface area contributed by atoms with Gasteiger partial charge in [-0.1, -0.05) is 0 Å². The largest absolute Gasteiger partial charge is 0.494 e. The number of imide groups is 1. The average Bonchev–Trinajstić information content (AvgIpc) is 3.06. The van der Waals surface area contributed by atoms with Crippen molar-refractivity contribution < 1.29 is 22.7 Å². The molecule has 0 aliphatic carbocycles. The molecule has 0 aromatic heterocycles. The van der Waals surface area contributed by atoms with E-state index >= 15 is 0 Å². The molecule has 0 unspecified atom stereocenters. The van der Waals surface area contributed by atoms with E-state index in [4.69, 9.17) is 4.74 Å². The Hall–Kier alpha value is -1.93. The number of sulfonamides is 1. The summed E-state index contributed by atoms with van der Waals surface area (Å²) in [6.45, 7) is 2.45. The number of hydrogen-bond acceptors (Lipinski definition) is 5. The fraction of sp³-hybridized carbons (Fsp3) is 0.467. The van der Waals surface area contributed by atoms with Gasteiger partial charge in [-0.15, -0.1) is 0 Å². The molecule has 0 spiro atoms. The van der Waals surface area contributed by atoms with E-state index in [0.717, 1.165) is 4.90 Å². The topological polar surface area (TPSA) is 84.0 Å². The van der Waals surface area contributed by atoms with Crippen molar-refractivity contribution in [2.75, 3.05) is 26.7 Å². The number of ether oxygens (including phenoxy) is 1. The number of rotatable bonds is 4. The van der Waals surface area contributed by atoms with E-state index in [1.807, 2.05) is 6.92 Å². The highest BCUT2D eigenvalue weighted by molar-refractivity contribution is 7.89. The molecule has 0 saturated carbocycles. The quantitative estimate of drug-likeness (QED) is 0.738. The van der Waals surface area contributed by atoms with Crippen molar-refractivity contribution in [1.82, 2.24) is 9.21 Å². The molecular weight excluding hydrogens is 320 g/mol. The Morgan fingerprint density at radius 3 is 2.09 bits per heavy atom. The smallest absolute Gasteiger partial charge is 0.243 e. The summed E-state index contributed by atoms with van der Waals surface area (Å²) in [5.74, 6) is -1.14. The highest BCUT2D eigenvalue weighted by atomic mass is 32.2. The standard InChI is InChI=1S/C15H18N2O5S/c1-3-22-10-4-6-11(7-5-10)23(20,21)17-8-12-13(9-17)15(19)16(2)14(12)18/h4-7,12-13H,3,8-9H2,1-2H3/t12-,13+. The van der Waals surface area contributed by atoms with Gasteiger partial charge in [0, 0.05) is 20.1 Å². The van der Waals surface area contributed by atoms with Gasteiger partial charge >= 0.3 is 0 Å². The fourth-order valence-electron chi connectivity index (χ4n) is 3.09. The van der Waals surface area contributed by atoms with Gasteiger partial charge in [0.2, 0.25) is 21.8 Å². The van der Waals surface area contributed by atoms with Crippen molar-refractivity contribution in [3.63, 3.8) is 0 Å². The molecule has 2 aliphatic heterocycles. The molecule has 2 saturated heterocycles. The van der Waals surface area contributed by atoms with Crippen LogP contribution in [0.5, 0.6) is 5.75 Å². The number of likely N-dealkylation sites (tertiary alicyclic amines) is 1. The number of fused-ring (bicyclic) bond motifs is 1. The molecule has 0 radical (unpaired) electrons. The van der Waals surface area contributed by atoms with Gasteiger partial charge in [0.1, 0.15) is 5.75 Å². The molecule has 2 aliphatic rings. The Morgan fingerprint density at radius 1 is 1.09 bits per heavy atom. The first-order chi connectivity index (χ1) is 10.9. The van der Waals surface area contributed by atoms with Gasteiger partial charge in [0.25, 0.3) is 0 Å². The summed E-state index contributed by atoms with van der Waals surface area (Å²) in [5, 5.41) is 0. The Labute approximate surface area is 134 Å². The molecular formula is C15H18N2O5S. The first-order valence-corrected chi connectivity index (χ1v) is 8.84. The zero-order chi connectivity index (χ0) is 16.8. The number of hydrogen-bond donors (Lipinski definition) is 0. The van der Waals surface area contributed by atoms with Gasteiger partial charge in [-0.3, -0.25) is 14.5 Å². The second-order valence-electron chi connectivity index (χ2n) is 5.67. The van der Waals surface area contributed by atoms with E-state index in [1.165, 1.54) is 23.5 Å². The Balaban J connectivity index is 1.82. The second-order valence-corrected chi connectivity index (χ2v) is 7.61. The zero-order valence-electron chi connectivity index (χ0n) is 12.9. The molecule has 1 aromatic carbocycles. The monoisotopic (exact) mass is 338 g/mol. The fourth-order valence-corrected chi connectivity index (χ4v) is 4.59. The van der Waals surface area contributed by atoms with Crippen molar-refractivity contribution in [2.45, 2.75) is 11.8 Å². The number of amides is 2. The van der Waals surface area contributed by atoms with E-state index in [2.05, 4.69) is 0 Å². The van der Waals surface area contributed by atoms with Gasteiger partial charge < -0.3 is 4.74 Å². The number of carbonyl (C=O) groups excluding carboxylic acids is 2. The van der Waals surface area contributed by atoms with Crippen molar-refractivity contribution in [3.8, 4) is 5.75 Å². The van der Waals surface area contributed by atoms with Crippen LogP contribution in [0.1, 0.15) is 6.92 Å². The summed E-state index contributed by atoms with van der Waals surface area (Å²) in [7, 11) is -2.28. The normalized spacial score (nSPS) is 25.0. The number of carbonyl (C=O) groups is 2. The lowest BCUT2D eigenvalue weighted by atomic mass is 10.00. The maximum absolute atomic E-state index is 12.7. The van der Waals surface area contributed by atoms with Gasteiger partial charge in [-0.2, -0.15) is 4.31 Å². The molecule has 2 heterocycles. The summed E-state index contributed by atoms with van der Waals surface area (Å²) in [6, 6.07) is 6.14. The summed E-state index contributed by atoms with van der Waals surface area (Å²) in [6.07, 6.45) is 0. The lowest BCUT2D eigenvalue weighted by Gasteiger charge is -2.18. The molecule has 8 heteroatoms. The van der Waals surface area contributed by atoms with E-state index in [9.17, 15) is 18.0 Å². The lowest BCUT2D eigenvalue weighted by Crippen LogP contribution is -2.36. The van der Waals surface area contributed by atoms with Crippen molar-refractivity contribution in [1.29, 1.82) is 0 Å². The minimum absolute atomic E-state index is 0.0507. The Morgan fingerprint density at radius 2 is 1.61 bits per heavy atom. The van der Waals surface area contributed by atoms with Crippen LogP contribution in [0.4, 0.5) is 0 Å². The molecule has 2 atom stereocenters. The SMILES string of the molecule is CCOc1ccc(S(=O)(=O)N2C[C@@H]3C(=O)N(C)C(=O)[C@@H]3C2)cc1.